The van der Waals surface area contributed by atoms with E-state index < -0.39 is 0 Å². The van der Waals surface area contributed by atoms with E-state index in [-0.39, 0.29) is 0 Å². The largest absolute Gasteiger partial charge is 0.357 e. The first-order chi connectivity index (χ1) is 11.7. The Bertz CT molecular complexity index is 648. The van der Waals surface area contributed by atoms with Gasteiger partial charge < -0.3 is 10.6 Å². The number of aromatic nitrogens is 1. The van der Waals surface area contributed by atoms with Gasteiger partial charge in [-0.3, -0.25) is 0 Å². The van der Waals surface area contributed by atoms with Crippen molar-refractivity contribution < 1.29 is 0 Å². The Hall–Kier alpha value is -1.88. The molecule has 0 aliphatic heterocycles. The average Bonchev–Trinajstić information content (AvgIpc) is 3.02. The number of nitrogens with one attached hydrogen (secondary N) is 2. The van der Waals surface area contributed by atoms with Crippen molar-refractivity contribution in [2.75, 3.05) is 13.1 Å². The summed E-state index contributed by atoms with van der Waals surface area (Å²) in [5.74, 6) is 0.888. The van der Waals surface area contributed by atoms with E-state index in [1.807, 2.05) is 6.92 Å². The Morgan fingerprint density at radius 1 is 1.17 bits per heavy atom. The zero-order chi connectivity index (χ0) is 17.2. The Morgan fingerprint density at radius 3 is 2.62 bits per heavy atom. The number of rotatable bonds is 8. The van der Waals surface area contributed by atoms with Crippen LogP contribution in [0.25, 0.3) is 0 Å². The Morgan fingerprint density at radius 2 is 1.96 bits per heavy atom. The molecule has 0 fully saturated rings. The minimum Gasteiger partial charge on any atom is -0.357 e. The normalized spacial score (nSPS) is 11.5. The lowest BCUT2D eigenvalue weighted by Crippen LogP contribution is -2.37. The van der Waals surface area contributed by atoms with Gasteiger partial charge in [0.25, 0.3) is 0 Å². The van der Waals surface area contributed by atoms with Gasteiger partial charge in [0.2, 0.25) is 0 Å². The van der Waals surface area contributed by atoms with Gasteiger partial charge in [0, 0.05) is 30.6 Å². The molecule has 0 bridgehead atoms. The highest BCUT2D eigenvalue weighted by Gasteiger charge is 2.02. The first-order valence-corrected chi connectivity index (χ1v) is 9.60. The molecule has 4 nitrogen and oxygen atoms in total. The fourth-order valence-electron chi connectivity index (χ4n) is 2.53. The molecule has 2 rings (SSSR count). The van der Waals surface area contributed by atoms with Gasteiger partial charge >= 0.3 is 0 Å². The van der Waals surface area contributed by atoms with Gasteiger partial charge in [-0.15, -0.1) is 11.3 Å². The van der Waals surface area contributed by atoms with E-state index in [0.29, 0.717) is 6.54 Å². The van der Waals surface area contributed by atoms with Crippen LogP contribution in [0.3, 0.4) is 0 Å². The van der Waals surface area contributed by atoms with E-state index in [4.69, 9.17) is 4.99 Å². The second-order valence-corrected chi connectivity index (χ2v) is 6.67. The number of hydrogen-bond donors (Lipinski definition) is 2. The fourth-order valence-corrected chi connectivity index (χ4v) is 3.34. The van der Waals surface area contributed by atoms with E-state index in [1.165, 1.54) is 16.1 Å². The second kappa shape index (κ2) is 10.1. The molecule has 0 saturated heterocycles. The molecular formula is C19H28N4S. The van der Waals surface area contributed by atoms with Gasteiger partial charge in [0.15, 0.2) is 5.96 Å². The number of thiazole rings is 1. The summed E-state index contributed by atoms with van der Waals surface area (Å²) in [4.78, 5) is 9.23. The highest BCUT2D eigenvalue weighted by Crippen LogP contribution is 2.11. The molecule has 1 heterocycles. The predicted molar refractivity (Wildman–Crippen MR) is 104 cm³/mol. The Labute approximate surface area is 149 Å². The SMILES string of the molecule is CCNC(=NCc1ccccc1CC)NCCCc1nc(C)cs1. The van der Waals surface area contributed by atoms with E-state index in [2.05, 4.69) is 59.1 Å². The molecular weight excluding hydrogens is 316 g/mol. The average molecular weight is 345 g/mol. The van der Waals surface area contributed by atoms with Crippen LogP contribution in [0.15, 0.2) is 34.6 Å². The topological polar surface area (TPSA) is 49.3 Å². The standard InChI is InChI=1S/C19H28N4S/c1-4-16-9-6-7-10-17(16)13-22-19(20-5-2)21-12-8-11-18-23-15(3)14-24-18/h6-7,9-10,14H,4-5,8,11-13H2,1-3H3,(H2,20,21,22). The predicted octanol–water partition coefficient (Wildman–Crippen LogP) is 3.70. The molecule has 0 amide bonds. The van der Waals surface area contributed by atoms with Crippen LogP contribution >= 0.6 is 11.3 Å². The van der Waals surface area contributed by atoms with Gasteiger partial charge in [0.05, 0.1) is 11.6 Å². The van der Waals surface area contributed by atoms with Crippen molar-refractivity contribution in [3.8, 4) is 0 Å². The lowest BCUT2D eigenvalue weighted by Gasteiger charge is -2.12. The molecule has 0 saturated carbocycles. The van der Waals surface area contributed by atoms with E-state index in [9.17, 15) is 0 Å². The van der Waals surface area contributed by atoms with Crippen molar-refractivity contribution in [2.24, 2.45) is 4.99 Å². The third-order valence-electron chi connectivity index (χ3n) is 3.78. The molecule has 2 aromatic rings. The highest BCUT2D eigenvalue weighted by molar-refractivity contribution is 7.09. The van der Waals surface area contributed by atoms with Crippen molar-refractivity contribution in [1.82, 2.24) is 15.6 Å². The van der Waals surface area contributed by atoms with Crippen LogP contribution in [0.4, 0.5) is 0 Å². The molecule has 1 aromatic carbocycles. The van der Waals surface area contributed by atoms with Crippen molar-refractivity contribution in [1.29, 1.82) is 0 Å². The van der Waals surface area contributed by atoms with Crippen LogP contribution in [0.1, 0.15) is 42.1 Å². The summed E-state index contributed by atoms with van der Waals surface area (Å²) in [6, 6.07) is 8.52. The summed E-state index contributed by atoms with van der Waals surface area (Å²) in [5.41, 5.74) is 3.79. The number of guanidine groups is 1. The molecule has 130 valence electrons. The smallest absolute Gasteiger partial charge is 0.191 e. The lowest BCUT2D eigenvalue weighted by atomic mass is 10.1. The summed E-state index contributed by atoms with van der Waals surface area (Å²) < 4.78 is 0. The minimum absolute atomic E-state index is 0.713. The fraction of sp³-hybridized carbons (Fsp3) is 0.474. The van der Waals surface area contributed by atoms with Crippen molar-refractivity contribution in [3.05, 3.63) is 51.5 Å². The Kier molecular flexibility index (Phi) is 7.75. The summed E-state index contributed by atoms with van der Waals surface area (Å²) in [7, 11) is 0. The van der Waals surface area contributed by atoms with Crippen LogP contribution in [0.5, 0.6) is 0 Å². The molecule has 0 aliphatic rings. The van der Waals surface area contributed by atoms with Crippen molar-refractivity contribution in [3.63, 3.8) is 0 Å². The van der Waals surface area contributed by atoms with Crippen LogP contribution in [-0.4, -0.2) is 24.0 Å². The van der Waals surface area contributed by atoms with Gasteiger partial charge in [-0.05, 0) is 37.8 Å². The molecule has 0 aliphatic carbocycles. The van der Waals surface area contributed by atoms with E-state index in [0.717, 1.165) is 44.0 Å². The summed E-state index contributed by atoms with van der Waals surface area (Å²) in [6.45, 7) is 8.81. The van der Waals surface area contributed by atoms with Crippen molar-refractivity contribution >= 4 is 17.3 Å². The van der Waals surface area contributed by atoms with Crippen LogP contribution < -0.4 is 10.6 Å². The van der Waals surface area contributed by atoms with Crippen LogP contribution in [0, 0.1) is 6.92 Å². The van der Waals surface area contributed by atoms with Crippen molar-refractivity contribution in [2.45, 2.75) is 46.6 Å². The maximum atomic E-state index is 4.72. The number of benzene rings is 1. The first kappa shape index (κ1) is 18.5. The zero-order valence-corrected chi connectivity index (χ0v) is 15.7. The van der Waals surface area contributed by atoms with Crippen LogP contribution in [0.2, 0.25) is 0 Å². The summed E-state index contributed by atoms with van der Waals surface area (Å²) >= 11 is 1.75. The summed E-state index contributed by atoms with van der Waals surface area (Å²) in [6.07, 6.45) is 3.12. The second-order valence-electron chi connectivity index (χ2n) is 5.73. The maximum Gasteiger partial charge on any atom is 0.191 e. The van der Waals surface area contributed by atoms with Gasteiger partial charge in [-0.25, -0.2) is 9.98 Å². The maximum absolute atomic E-state index is 4.72. The van der Waals surface area contributed by atoms with Gasteiger partial charge in [0.1, 0.15) is 0 Å². The number of hydrogen-bond acceptors (Lipinski definition) is 3. The minimum atomic E-state index is 0.713. The number of aryl methyl sites for hydroxylation is 3. The quantitative estimate of drug-likeness (QED) is 0.436. The van der Waals surface area contributed by atoms with Gasteiger partial charge in [-0.2, -0.15) is 0 Å². The van der Waals surface area contributed by atoms with Gasteiger partial charge in [-0.1, -0.05) is 31.2 Å². The highest BCUT2D eigenvalue weighted by atomic mass is 32.1. The molecule has 24 heavy (non-hydrogen) atoms. The third kappa shape index (κ3) is 5.96. The molecule has 1 aromatic heterocycles. The lowest BCUT2D eigenvalue weighted by molar-refractivity contribution is 0.740. The van der Waals surface area contributed by atoms with Crippen LogP contribution in [-0.2, 0) is 19.4 Å². The van der Waals surface area contributed by atoms with E-state index in [1.54, 1.807) is 11.3 Å². The molecule has 0 spiro atoms. The van der Waals surface area contributed by atoms with E-state index >= 15 is 0 Å². The zero-order valence-electron chi connectivity index (χ0n) is 14.9. The molecule has 5 heteroatoms. The monoisotopic (exact) mass is 344 g/mol. The summed E-state index contributed by atoms with van der Waals surface area (Å²) in [5, 5.41) is 10.1. The molecule has 2 N–H and O–H groups in total. The number of aliphatic imine (C=N–C) groups is 1. The molecule has 0 unspecified atom stereocenters. The molecule has 0 radical (unpaired) electrons. The first-order valence-electron chi connectivity index (χ1n) is 8.72. The molecule has 0 atom stereocenters. The Balaban J connectivity index is 1.84. The number of nitrogens with zero attached hydrogens (tertiary/aromatic N) is 2. The third-order valence-corrected chi connectivity index (χ3v) is 4.80.